The van der Waals surface area contributed by atoms with Crippen LogP contribution in [-0.4, -0.2) is 21.4 Å². The van der Waals surface area contributed by atoms with Crippen molar-refractivity contribution in [2.45, 2.75) is 18.0 Å². The van der Waals surface area contributed by atoms with Gasteiger partial charge in [0.15, 0.2) is 0 Å². The molecule has 11 heteroatoms. The van der Waals surface area contributed by atoms with Crippen molar-refractivity contribution in [3.05, 3.63) is 77.2 Å². The van der Waals surface area contributed by atoms with E-state index in [0.29, 0.717) is 17.8 Å². The van der Waals surface area contributed by atoms with Crippen LogP contribution in [0, 0.1) is 17.5 Å². The van der Waals surface area contributed by atoms with Gasteiger partial charge in [-0.1, -0.05) is 6.07 Å². The maximum Gasteiger partial charge on any atom is 0.417 e. The summed E-state index contributed by atoms with van der Waals surface area (Å²) in [5.41, 5.74) is -1.21. The van der Waals surface area contributed by atoms with Crippen LogP contribution < -0.4 is 10.1 Å². The fourth-order valence-electron chi connectivity index (χ4n) is 2.70. The lowest BCUT2D eigenvalue weighted by Gasteiger charge is -2.15. The lowest BCUT2D eigenvalue weighted by molar-refractivity contribution is -0.137. The Hall–Kier alpha value is -3.47. The highest BCUT2D eigenvalue weighted by atomic mass is 32.2. The zero-order chi connectivity index (χ0) is 23.7. The number of nitrogens with one attached hydrogen (secondary N) is 2. The Morgan fingerprint density at radius 1 is 1.16 bits per heavy atom. The quantitative estimate of drug-likeness (QED) is 0.476. The van der Waals surface area contributed by atoms with Crippen molar-refractivity contribution < 1.29 is 31.3 Å². The highest BCUT2D eigenvalue weighted by Gasteiger charge is 2.33. The van der Waals surface area contributed by atoms with Gasteiger partial charge in [-0.3, -0.25) is 4.79 Å². The van der Waals surface area contributed by atoms with Gasteiger partial charge in [0.25, 0.3) is 5.91 Å². The van der Waals surface area contributed by atoms with Gasteiger partial charge in [-0.25, -0.2) is 18.4 Å². The maximum absolute atomic E-state index is 13.3. The Morgan fingerprint density at radius 3 is 2.50 bits per heavy atom. The number of anilines is 1. The summed E-state index contributed by atoms with van der Waals surface area (Å²) >= 11 is 0. The van der Waals surface area contributed by atoms with Crippen LogP contribution in [0.2, 0.25) is 0 Å². The molecule has 1 amide bonds. The first-order chi connectivity index (χ1) is 14.8. The van der Waals surface area contributed by atoms with Crippen molar-refractivity contribution in [2.75, 3.05) is 11.6 Å². The summed E-state index contributed by atoms with van der Waals surface area (Å²) in [6.07, 6.45) is -3.04. The Kier molecular flexibility index (Phi) is 6.22. The minimum absolute atomic E-state index is 0.106. The second-order valence-corrected chi connectivity index (χ2v) is 9.07. The first-order valence-corrected chi connectivity index (χ1v) is 11.0. The molecule has 6 nitrogen and oxygen atoms in total. The summed E-state index contributed by atoms with van der Waals surface area (Å²) in [6.45, 7) is 1.52. The Balaban J connectivity index is 2.01. The van der Waals surface area contributed by atoms with Crippen molar-refractivity contribution in [1.29, 1.82) is 4.78 Å². The monoisotopic (exact) mass is 467 g/mol. The summed E-state index contributed by atoms with van der Waals surface area (Å²) in [5.74, 6) is -1.81. The second-order valence-electron chi connectivity index (χ2n) is 6.91. The predicted molar refractivity (Wildman–Crippen MR) is 110 cm³/mol. The normalized spacial score (nSPS) is 13.3. The third-order valence-electron chi connectivity index (χ3n) is 4.31. The summed E-state index contributed by atoms with van der Waals surface area (Å²) in [4.78, 5) is 16.6. The third kappa shape index (κ3) is 5.41. The average molecular weight is 467 g/mol. The summed E-state index contributed by atoms with van der Waals surface area (Å²) in [7, 11) is -3.08. The molecule has 2 aromatic carbocycles. The number of amides is 1. The fourth-order valence-corrected chi connectivity index (χ4v) is 3.39. The van der Waals surface area contributed by atoms with Crippen LogP contribution >= 0.6 is 0 Å². The van der Waals surface area contributed by atoms with Gasteiger partial charge >= 0.3 is 6.18 Å². The number of hydrogen-bond donors (Lipinski definition) is 2. The van der Waals surface area contributed by atoms with Crippen molar-refractivity contribution in [1.82, 2.24) is 4.98 Å². The molecular weight excluding hydrogens is 450 g/mol. The molecule has 0 saturated carbocycles. The van der Waals surface area contributed by atoms with E-state index in [1.165, 1.54) is 43.5 Å². The lowest BCUT2D eigenvalue weighted by Crippen LogP contribution is -2.16. The Labute approximate surface area is 181 Å². The number of halogens is 4. The van der Waals surface area contributed by atoms with Crippen LogP contribution in [0.5, 0.6) is 11.6 Å². The summed E-state index contributed by atoms with van der Waals surface area (Å²) in [5, 5.41) is 2.40. The number of rotatable bonds is 5. The van der Waals surface area contributed by atoms with Gasteiger partial charge in [-0.05, 0) is 55.0 Å². The molecule has 0 aliphatic heterocycles. The van der Waals surface area contributed by atoms with Crippen LogP contribution in [0.15, 0.2) is 59.6 Å². The topological polar surface area (TPSA) is 92.1 Å². The van der Waals surface area contributed by atoms with Crippen molar-refractivity contribution >= 4 is 21.3 Å². The zero-order valence-corrected chi connectivity index (χ0v) is 17.6. The van der Waals surface area contributed by atoms with E-state index >= 15 is 0 Å². The van der Waals surface area contributed by atoms with Gasteiger partial charge in [0.2, 0.25) is 5.88 Å². The number of carbonyl (C=O) groups is 1. The van der Waals surface area contributed by atoms with Gasteiger partial charge in [0.1, 0.15) is 17.1 Å². The number of nitrogens with zero attached hydrogens (tertiary/aromatic N) is 1. The molecule has 0 saturated heterocycles. The second kappa shape index (κ2) is 8.58. The number of alkyl halides is 3. The Bertz CT molecular complexity index is 1290. The Morgan fingerprint density at radius 2 is 1.88 bits per heavy atom. The molecule has 1 atom stereocenters. The van der Waals surface area contributed by atoms with E-state index in [1.54, 1.807) is 0 Å². The molecule has 32 heavy (non-hydrogen) atoms. The zero-order valence-electron chi connectivity index (χ0n) is 16.8. The van der Waals surface area contributed by atoms with Crippen molar-refractivity contribution in [3.63, 3.8) is 0 Å². The highest BCUT2D eigenvalue weighted by Crippen LogP contribution is 2.33. The molecule has 0 fully saturated rings. The van der Waals surface area contributed by atoms with Crippen LogP contribution in [0.1, 0.15) is 21.5 Å². The van der Waals surface area contributed by atoms with E-state index in [0.717, 1.165) is 12.1 Å². The fraction of sp³-hybridized carbons (Fsp3) is 0.143. The van der Waals surface area contributed by atoms with Crippen LogP contribution in [0.3, 0.4) is 0 Å². The van der Waals surface area contributed by atoms with Crippen LogP contribution in [-0.2, 0) is 15.9 Å². The molecule has 0 spiro atoms. The molecule has 0 radical (unpaired) electrons. The molecule has 0 aliphatic rings. The highest BCUT2D eigenvalue weighted by molar-refractivity contribution is 7.91. The third-order valence-corrected chi connectivity index (χ3v) is 5.46. The number of hydrogen-bond acceptors (Lipinski definition) is 5. The number of benzene rings is 2. The molecule has 0 bridgehead atoms. The molecule has 2 N–H and O–H groups in total. The number of pyridine rings is 1. The lowest BCUT2D eigenvalue weighted by atomic mass is 10.1. The SMILES string of the molecule is Cc1cc(F)ccc1Oc1ncc(C(F)(F)F)cc1C(=O)Nc1cccc([S@@](C)(=N)=O)c1. The molecule has 3 aromatic rings. The largest absolute Gasteiger partial charge is 0.438 e. The minimum atomic E-state index is -4.76. The van der Waals surface area contributed by atoms with E-state index in [-0.39, 0.29) is 16.3 Å². The van der Waals surface area contributed by atoms with E-state index in [9.17, 15) is 26.6 Å². The van der Waals surface area contributed by atoms with Gasteiger partial charge < -0.3 is 10.1 Å². The maximum atomic E-state index is 13.3. The number of aryl methyl sites for hydroxylation is 1. The van der Waals surface area contributed by atoms with Crippen LogP contribution in [0.4, 0.5) is 23.2 Å². The van der Waals surface area contributed by atoms with E-state index in [4.69, 9.17) is 9.52 Å². The number of carbonyl (C=O) groups excluding carboxylic acids is 1. The molecular formula is C21H17F4N3O3S. The van der Waals surface area contributed by atoms with Gasteiger partial charge in [0.05, 0.1) is 15.3 Å². The molecule has 1 heterocycles. The molecule has 1 aromatic heterocycles. The standard InChI is InChI=1S/C21H17F4N3O3S/c1-12-8-14(22)6-7-18(12)31-20-17(9-13(11-27-20)21(23,24)25)19(29)28-15-4-3-5-16(10-15)32(2,26)30/h3-11,26H,1-2H3,(H,28,29)/t32-/m0/s1. The van der Waals surface area contributed by atoms with Crippen molar-refractivity contribution in [2.24, 2.45) is 0 Å². The minimum Gasteiger partial charge on any atom is -0.438 e. The number of ether oxygens (including phenoxy) is 1. The van der Waals surface area contributed by atoms with Crippen molar-refractivity contribution in [3.8, 4) is 11.6 Å². The first-order valence-electron chi connectivity index (χ1n) is 9.01. The molecule has 0 aliphatic carbocycles. The summed E-state index contributed by atoms with van der Waals surface area (Å²) < 4.78 is 78.0. The van der Waals surface area contributed by atoms with E-state index < -0.39 is 44.6 Å². The average Bonchev–Trinajstić information content (AvgIpc) is 2.69. The van der Waals surface area contributed by atoms with Gasteiger partial charge in [0, 0.05) is 23.0 Å². The predicted octanol–water partition coefficient (Wildman–Crippen LogP) is 5.63. The molecule has 3 rings (SSSR count). The first kappa shape index (κ1) is 23.2. The van der Waals surface area contributed by atoms with Gasteiger partial charge in [-0.15, -0.1) is 0 Å². The van der Waals surface area contributed by atoms with E-state index in [1.807, 2.05) is 0 Å². The van der Waals surface area contributed by atoms with E-state index in [2.05, 4.69) is 10.3 Å². The molecule has 168 valence electrons. The molecule has 0 unspecified atom stereocenters. The smallest absolute Gasteiger partial charge is 0.417 e. The van der Waals surface area contributed by atoms with Gasteiger partial charge in [-0.2, -0.15) is 13.2 Å². The summed E-state index contributed by atoms with van der Waals surface area (Å²) in [6, 6.07) is 9.72. The number of aromatic nitrogens is 1. The van der Waals surface area contributed by atoms with Crippen LogP contribution in [0.25, 0.3) is 0 Å².